The van der Waals surface area contributed by atoms with Crippen molar-refractivity contribution in [1.82, 2.24) is 9.88 Å². The fourth-order valence-corrected chi connectivity index (χ4v) is 2.20. The summed E-state index contributed by atoms with van der Waals surface area (Å²) in [6.07, 6.45) is 3.14. The molecule has 7 heteroatoms. The van der Waals surface area contributed by atoms with Gasteiger partial charge in [0.2, 0.25) is 0 Å². The predicted octanol–water partition coefficient (Wildman–Crippen LogP) is 3.48. The number of unbranched alkanes of at least 4 members (excludes halogenated alkanes) is 1. The molecule has 0 fully saturated rings. The molecule has 0 unspecified atom stereocenters. The third-order valence-electron chi connectivity index (χ3n) is 3.63. The Balaban J connectivity index is 2.18. The number of para-hydroxylation sites is 1. The van der Waals surface area contributed by atoms with Crippen molar-refractivity contribution in [1.29, 1.82) is 0 Å². The molecule has 0 spiro atoms. The molecule has 2 aromatic rings. The van der Waals surface area contributed by atoms with E-state index in [-0.39, 0.29) is 17.2 Å². The van der Waals surface area contributed by atoms with Crippen LogP contribution in [-0.2, 0) is 0 Å². The Bertz CT molecular complexity index is 760. The number of hydrogen-bond donors (Lipinski definition) is 1. The van der Waals surface area contributed by atoms with Gasteiger partial charge in [-0.3, -0.25) is 14.6 Å². The van der Waals surface area contributed by atoms with Crippen molar-refractivity contribution in [3.63, 3.8) is 0 Å². The first kappa shape index (κ1) is 18.5. The first-order valence-electron chi connectivity index (χ1n) is 7.91. The van der Waals surface area contributed by atoms with Crippen LogP contribution in [0.3, 0.4) is 0 Å². The minimum Gasteiger partial charge on any atom is -0.342 e. The van der Waals surface area contributed by atoms with Gasteiger partial charge >= 0.3 is 0 Å². The lowest BCUT2D eigenvalue weighted by atomic mass is 10.2. The second-order valence-corrected chi connectivity index (χ2v) is 5.56. The lowest BCUT2D eigenvalue weighted by Gasteiger charge is -2.17. The van der Waals surface area contributed by atoms with Gasteiger partial charge in [0.1, 0.15) is 23.0 Å². The molecular weight excluding hydrogens is 328 g/mol. The van der Waals surface area contributed by atoms with Gasteiger partial charge in [-0.25, -0.2) is 8.78 Å². The molecule has 1 N–H and O–H groups in total. The van der Waals surface area contributed by atoms with E-state index in [4.69, 9.17) is 0 Å². The largest absolute Gasteiger partial charge is 0.342 e. The van der Waals surface area contributed by atoms with Crippen molar-refractivity contribution >= 4 is 17.5 Å². The first-order chi connectivity index (χ1) is 11.9. The van der Waals surface area contributed by atoms with Gasteiger partial charge in [0.15, 0.2) is 0 Å². The van der Waals surface area contributed by atoms with Gasteiger partial charge in [-0.2, -0.15) is 0 Å². The van der Waals surface area contributed by atoms with Crippen LogP contribution in [0.2, 0.25) is 0 Å². The zero-order chi connectivity index (χ0) is 18.4. The number of nitrogens with one attached hydrogen (secondary N) is 1. The highest BCUT2D eigenvalue weighted by Crippen LogP contribution is 2.19. The topological polar surface area (TPSA) is 62.3 Å². The van der Waals surface area contributed by atoms with Crippen molar-refractivity contribution in [2.24, 2.45) is 0 Å². The number of carbonyl (C=O) groups is 2. The number of benzene rings is 1. The molecule has 0 saturated carbocycles. The van der Waals surface area contributed by atoms with Crippen LogP contribution in [0.1, 0.15) is 40.6 Å². The second-order valence-electron chi connectivity index (χ2n) is 5.56. The van der Waals surface area contributed by atoms with Gasteiger partial charge in [0, 0.05) is 25.4 Å². The van der Waals surface area contributed by atoms with E-state index in [2.05, 4.69) is 10.3 Å². The maximum atomic E-state index is 13.6. The summed E-state index contributed by atoms with van der Waals surface area (Å²) in [4.78, 5) is 30.0. The van der Waals surface area contributed by atoms with E-state index in [1.165, 1.54) is 24.4 Å². The van der Waals surface area contributed by atoms with Gasteiger partial charge in [0.05, 0.1) is 0 Å². The molecule has 1 heterocycles. The van der Waals surface area contributed by atoms with Crippen molar-refractivity contribution in [3.8, 4) is 0 Å². The SMILES string of the molecule is CCCCN(C)C(=O)c1ccnc(C(=O)Nc2c(F)cccc2F)c1. The monoisotopic (exact) mass is 347 g/mol. The molecule has 0 bridgehead atoms. The Morgan fingerprint density at radius 2 is 1.88 bits per heavy atom. The Morgan fingerprint density at radius 1 is 1.20 bits per heavy atom. The quantitative estimate of drug-likeness (QED) is 0.870. The van der Waals surface area contributed by atoms with Crippen molar-refractivity contribution < 1.29 is 18.4 Å². The van der Waals surface area contributed by atoms with Crippen LogP contribution in [0.4, 0.5) is 14.5 Å². The molecule has 0 aliphatic carbocycles. The van der Waals surface area contributed by atoms with Crippen LogP contribution in [0.5, 0.6) is 0 Å². The summed E-state index contributed by atoms with van der Waals surface area (Å²) in [7, 11) is 1.67. The van der Waals surface area contributed by atoms with Crippen molar-refractivity contribution in [2.75, 3.05) is 18.9 Å². The van der Waals surface area contributed by atoms with E-state index >= 15 is 0 Å². The number of aromatic nitrogens is 1. The number of amides is 2. The van der Waals surface area contributed by atoms with Crippen LogP contribution >= 0.6 is 0 Å². The van der Waals surface area contributed by atoms with Crippen molar-refractivity contribution in [3.05, 3.63) is 59.4 Å². The smallest absolute Gasteiger partial charge is 0.274 e. The third-order valence-corrected chi connectivity index (χ3v) is 3.63. The summed E-state index contributed by atoms with van der Waals surface area (Å²) in [6.45, 7) is 2.62. The minimum atomic E-state index is -0.889. The molecule has 0 aliphatic heterocycles. The summed E-state index contributed by atoms with van der Waals surface area (Å²) in [6, 6.07) is 6.07. The van der Waals surface area contributed by atoms with Crippen LogP contribution < -0.4 is 5.32 Å². The van der Waals surface area contributed by atoms with E-state index in [1.54, 1.807) is 11.9 Å². The van der Waals surface area contributed by atoms with E-state index in [9.17, 15) is 18.4 Å². The summed E-state index contributed by atoms with van der Waals surface area (Å²) in [5.41, 5.74) is -0.365. The lowest BCUT2D eigenvalue weighted by molar-refractivity contribution is 0.0793. The van der Waals surface area contributed by atoms with Gasteiger partial charge in [0.25, 0.3) is 11.8 Å². The zero-order valence-corrected chi connectivity index (χ0v) is 14.1. The number of carbonyl (C=O) groups excluding carboxylic acids is 2. The number of pyridine rings is 1. The van der Waals surface area contributed by atoms with Crippen LogP contribution in [-0.4, -0.2) is 35.3 Å². The molecule has 2 amide bonds. The van der Waals surface area contributed by atoms with Gasteiger partial charge in [-0.15, -0.1) is 0 Å². The fourth-order valence-electron chi connectivity index (χ4n) is 2.20. The highest BCUT2D eigenvalue weighted by molar-refractivity contribution is 6.04. The number of rotatable bonds is 6. The van der Waals surface area contributed by atoms with Crippen LogP contribution in [0, 0.1) is 11.6 Å². The highest BCUT2D eigenvalue weighted by atomic mass is 19.1. The summed E-state index contributed by atoms with van der Waals surface area (Å²) < 4.78 is 27.2. The summed E-state index contributed by atoms with van der Waals surface area (Å²) in [5.74, 6) is -2.82. The predicted molar refractivity (Wildman–Crippen MR) is 90.4 cm³/mol. The Kier molecular flexibility index (Phi) is 6.16. The molecule has 132 valence electrons. The standard InChI is InChI=1S/C18H19F2N3O2/c1-3-4-10-23(2)18(25)12-8-9-21-15(11-12)17(24)22-16-13(19)6-5-7-14(16)20/h5-9,11H,3-4,10H2,1-2H3,(H,22,24). The maximum absolute atomic E-state index is 13.6. The average Bonchev–Trinajstić information content (AvgIpc) is 2.62. The first-order valence-corrected chi connectivity index (χ1v) is 7.91. The Hall–Kier alpha value is -2.83. The summed E-state index contributed by atoms with van der Waals surface area (Å²) >= 11 is 0. The van der Waals surface area contributed by atoms with Gasteiger partial charge < -0.3 is 10.2 Å². The van der Waals surface area contributed by atoms with Gasteiger partial charge in [-0.05, 0) is 30.7 Å². The lowest BCUT2D eigenvalue weighted by Crippen LogP contribution is -2.28. The Morgan fingerprint density at radius 3 is 2.52 bits per heavy atom. The molecule has 0 radical (unpaired) electrons. The number of halogens is 2. The minimum absolute atomic E-state index is 0.0996. The molecular formula is C18H19F2N3O2. The number of nitrogens with zero attached hydrogens (tertiary/aromatic N) is 2. The van der Waals surface area contributed by atoms with Crippen LogP contribution in [0.15, 0.2) is 36.5 Å². The van der Waals surface area contributed by atoms with E-state index in [0.29, 0.717) is 6.54 Å². The zero-order valence-electron chi connectivity index (χ0n) is 14.1. The van der Waals surface area contributed by atoms with Crippen LogP contribution in [0.25, 0.3) is 0 Å². The second kappa shape index (κ2) is 8.32. The molecule has 0 atom stereocenters. The molecule has 25 heavy (non-hydrogen) atoms. The molecule has 2 rings (SSSR count). The maximum Gasteiger partial charge on any atom is 0.274 e. The van der Waals surface area contributed by atoms with E-state index < -0.39 is 23.2 Å². The highest BCUT2D eigenvalue weighted by Gasteiger charge is 2.17. The van der Waals surface area contributed by atoms with Crippen molar-refractivity contribution in [2.45, 2.75) is 19.8 Å². The van der Waals surface area contributed by atoms with E-state index in [0.717, 1.165) is 25.0 Å². The average molecular weight is 347 g/mol. The number of anilines is 1. The molecule has 1 aromatic heterocycles. The third kappa shape index (κ3) is 4.59. The molecule has 5 nitrogen and oxygen atoms in total. The van der Waals surface area contributed by atoms with Gasteiger partial charge in [-0.1, -0.05) is 19.4 Å². The molecule has 0 aliphatic rings. The summed E-state index contributed by atoms with van der Waals surface area (Å²) in [5, 5.41) is 2.15. The molecule has 1 aromatic carbocycles. The fraction of sp³-hybridized carbons (Fsp3) is 0.278. The Labute approximate surface area is 144 Å². The molecule has 0 saturated heterocycles. The normalized spacial score (nSPS) is 10.4. The van der Waals surface area contributed by atoms with E-state index in [1.807, 2.05) is 6.92 Å². The number of hydrogen-bond acceptors (Lipinski definition) is 3.